The van der Waals surface area contributed by atoms with Crippen LogP contribution in [0.2, 0.25) is 0 Å². The van der Waals surface area contributed by atoms with Gasteiger partial charge in [-0.05, 0) is 31.2 Å². The van der Waals surface area contributed by atoms with Crippen molar-refractivity contribution in [3.05, 3.63) is 17.8 Å². The molecule has 1 aromatic rings. The second-order valence-electron chi connectivity index (χ2n) is 4.45. The van der Waals surface area contributed by atoms with Crippen molar-refractivity contribution in [2.24, 2.45) is 5.92 Å². The number of hydrogen-bond donors (Lipinski definition) is 3. The van der Waals surface area contributed by atoms with Crippen molar-refractivity contribution in [1.29, 1.82) is 5.26 Å². The number of hydrogen-bond acceptors (Lipinski definition) is 5. The van der Waals surface area contributed by atoms with Crippen LogP contribution >= 0.6 is 0 Å². The molecular weight excluding hydrogens is 216 g/mol. The zero-order chi connectivity index (χ0) is 12.3. The second-order valence-corrected chi connectivity index (χ2v) is 4.45. The van der Waals surface area contributed by atoms with Crippen LogP contribution in [0.25, 0.3) is 0 Å². The molecule has 17 heavy (non-hydrogen) atoms. The van der Waals surface area contributed by atoms with Crippen LogP contribution in [0.15, 0.2) is 12.3 Å². The minimum atomic E-state index is -0.169. The Morgan fingerprint density at radius 1 is 1.59 bits per heavy atom. The number of aliphatic hydroxyl groups is 1. The monoisotopic (exact) mass is 232 g/mol. The molecule has 2 atom stereocenters. The van der Waals surface area contributed by atoms with Crippen molar-refractivity contribution in [1.82, 2.24) is 4.98 Å². The number of nitrogens with zero attached hydrogens (tertiary/aromatic N) is 2. The van der Waals surface area contributed by atoms with Gasteiger partial charge in [-0.1, -0.05) is 0 Å². The fraction of sp³-hybridized carbons (Fsp3) is 0.500. The first kappa shape index (κ1) is 11.7. The molecule has 5 heteroatoms. The normalized spacial score (nSPS) is 23.3. The summed E-state index contributed by atoms with van der Waals surface area (Å²) < 4.78 is 0. The van der Waals surface area contributed by atoms with Gasteiger partial charge in [0.1, 0.15) is 6.07 Å². The summed E-state index contributed by atoms with van der Waals surface area (Å²) in [6.07, 6.45) is 4.11. The lowest BCUT2D eigenvalue weighted by atomic mass is 10.1. The first-order valence-electron chi connectivity index (χ1n) is 5.77. The average molecular weight is 232 g/mol. The summed E-state index contributed by atoms with van der Waals surface area (Å²) in [5.74, 6) is 1.02. The maximum atomic E-state index is 9.42. The Balaban J connectivity index is 1.98. The third kappa shape index (κ3) is 2.66. The van der Waals surface area contributed by atoms with Gasteiger partial charge in [0.2, 0.25) is 0 Å². The van der Waals surface area contributed by atoms with E-state index in [0.717, 1.165) is 25.8 Å². The summed E-state index contributed by atoms with van der Waals surface area (Å²) in [4.78, 5) is 4.12. The third-order valence-corrected chi connectivity index (χ3v) is 3.18. The van der Waals surface area contributed by atoms with Gasteiger partial charge in [0.15, 0.2) is 5.82 Å². The van der Waals surface area contributed by atoms with Crippen molar-refractivity contribution in [2.45, 2.75) is 25.4 Å². The van der Waals surface area contributed by atoms with E-state index < -0.39 is 0 Å². The number of nitriles is 1. The molecule has 1 aliphatic carbocycles. The second kappa shape index (κ2) is 5.02. The van der Waals surface area contributed by atoms with Crippen LogP contribution in [-0.4, -0.2) is 22.7 Å². The Morgan fingerprint density at radius 2 is 2.41 bits per heavy atom. The highest BCUT2D eigenvalue weighted by Gasteiger charge is 2.22. The van der Waals surface area contributed by atoms with Crippen molar-refractivity contribution >= 4 is 11.5 Å². The van der Waals surface area contributed by atoms with Crippen LogP contribution < -0.4 is 11.1 Å². The summed E-state index contributed by atoms with van der Waals surface area (Å²) in [7, 11) is 0. The molecule has 1 aliphatic rings. The topological polar surface area (TPSA) is 95.0 Å². The van der Waals surface area contributed by atoms with Crippen molar-refractivity contribution < 1.29 is 5.11 Å². The number of nitrogens with one attached hydrogen (secondary N) is 1. The van der Waals surface area contributed by atoms with Crippen LogP contribution in [-0.2, 0) is 0 Å². The van der Waals surface area contributed by atoms with Gasteiger partial charge in [0.05, 0.1) is 17.4 Å². The molecule has 0 saturated heterocycles. The average Bonchev–Trinajstić information content (AvgIpc) is 2.74. The molecule has 1 heterocycles. The maximum Gasteiger partial charge on any atom is 0.150 e. The molecule has 2 unspecified atom stereocenters. The minimum Gasteiger partial charge on any atom is -0.395 e. The minimum absolute atomic E-state index is 0.169. The summed E-state index contributed by atoms with van der Waals surface area (Å²) >= 11 is 0. The number of pyridine rings is 1. The molecule has 4 N–H and O–H groups in total. The molecule has 0 aliphatic heterocycles. The van der Waals surface area contributed by atoms with E-state index in [1.54, 1.807) is 12.3 Å². The van der Waals surface area contributed by atoms with E-state index in [-0.39, 0.29) is 6.10 Å². The van der Waals surface area contributed by atoms with Gasteiger partial charge >= 0.3 is 0 Å². The summed E-state index contributed by atoms with van der Waals surface area (Å²) in [5.41, 5.74) is 6.64. The molecule has 0 amide bonds. The lowest BCUT2D eigenvalue weighted by molar-refractivity contribution is 0.178. The first-order chi connectivity index (χ1) is 8.20. The van der Waals surface area contributed by atoms with Gasteiger partial charge in [-0.3, -0.25) is 0 Å². The van der Waals surface area contributed by atoms with Crippen molar-refractivity contribution in [3.8, 4) is 6.07 Å². The van der Waals surface area contributed by atoms with Crippen LogP contribution in [0.3, 0.4) is 0 Å². The molecule has 90 valence electrons. The molecule has 1 fully saturated rings. The van der Waals surface area contributed by atoms with E-state index in [2.05, 4.69) is 10.3 Å². The number of nitrogen functional groups attached to an aromatic ring is 1. The van der Waals surface area contributed by atoms with Gasteiger partial charge in [0.25, 0.3) is 0 Å². The Labute approximate surface area is 100 Å². The summed E-state index contributed by atoms with van der Waals surface area (Å²) in [6.45, 7) is 0.739. The van der Waals surface area contributed by atoms with Crippen molar-refractivity contribution in [3.63, 3.8) is 0 Å². The lowest BCUT2D eigenvalue weighted by Crippen LogP contribution is -2.14. The van der Waals surface area contributed by atoms with E-state index >= 15 is 0 Å². The SMILES string of the molecule is N#Cc1ccnc(NCC2CCC(O)C2)c1N. The molecule has 0 aromatic carbocycles. The molecule has 2 rings (SSSR count). The first-order valence-corrected chi connectivity index (χ1v) is 5.77. The molecule has 1 aromatic heterocycles. The quantitative estimate of drug-likeness (QED) is 0.725. The highest BCUT2D eigenvalue weighted by molar-refractivity contribution is 5.68. The van der Waals surface area contributed by atoms with E-state index in [4.69, 9.17) is 11.0 Å². The molecule has 5 nitrogen and oxygen atoms in total. The zero-order valence-corrected chi connectivity index (χ0v) is 9.56. The summed E-state index contributed by atoms with van der Waals surface area (Å²) in [6, 6.07) is 3.62. The number of aliphatic hydroxyl groups excluding tert-OH is 1. The largest absolute Gasteiger partial charge is 0.395 e. The van der Waals surface area contributed by atoms with Gasteiger partial charge in [-0.2, -0.15) is 5.26 Å². The van der Waals surface area contributed by atoms with Crippen LogP contribution in [0.1, 0.15) is 24.8 Å². The predicted octanol–water partition coefficient (Wildman–Crippen LogP) is 1.11. The van der Waals surface area contributed by atoms with E-state index in [0.29, 0.717) is 23.0 Å². The number of rotatable bonds is 3. The smallest absolute Gasteiger partial charge is 0.150 e. The fourth-order valence-electron chi connectivity index (χ4n) is 2.19. The van der Waals surface area contributed by atoms with Crippen LogP contribution in [0.4, 0.5) is 11.5 Å². The Kier molecular flexibility index (Phi) is 3.45. The van der Waals surface area contributed by atoms with E-state index in [1.165, 1.54) is 0 Å². The maximum absolute atomic E-state index is 9.42. The Hall–Kier alpha value is -1.80. The van der Waals surface area contributed by atoms with Crippen LogP contribution in [0.5, 0.6) is 0 Å². The van der Waals surface area contributed by atoms with E-state index in [9.17, 15) is 5.11 Å². The number of nitrogens with two attached hydrogens (primary N) is 1. The number of aromatic nitrogens is 1. The molecule has 0 bridgehead atoms. The summed E-state index contributed by atoms with van der Waals surface area (Å²) in [5, 5.41) is 21.4. The van der Waals surface area contributed by atoms with Gasteiger partial charge < -0.3 is 16.2 Å². The fourth-order valence-corrected chi connectivity index (χ4v) is 2.19. The number of anilines is 2. The van der Waals surface area contributed by atoms with Gasteiger partial charge in [0, 0.05) is 12.7 Å². The molecule has 0 spiro atoms. The Morgan fingerprint density at radius 3 is 3.06 bits per heavy atom. The van der Waals surface area contributed by atoms with E-state index in [1.807, 2.05) is 6.07 Å². The Bertz CT molecular complexity index is 441. The van der Waals surface area contributed by atoms with Gasteiger partial charge in [-0.15, -0.1) is 0 Å². The van der Waals surface area contributed by atoms with Gasteiger partial charge in [-0.25, -0.2) is 4.98 Å². The van der Waals surface area contributed by atoms with Crippen LogP contribution in [0, 0.1) is 17.2 Å². The zero-order valence-electron chi connectivity index (χ0n) is 9.56. The standard InChI is InChI=1S/C12H16N4O/c13-6-9-3-4-15-12(11(9)14)16-7-8-1-2-10(17)5-8/h3-4,8,10,17H,1-2,5,7,14H2,(H,15,16). The highest BCUT2D eigenvalue weighted by atomic mass is 16.3. The highest BCUT2D eigenvalue weighted by Crippen LogP contribution is 2.26. The predicted molar refractivity (Wildman–Crippen MR) is 65.2 cm³/mol. The molecule has 0 radical (unpaired) electrons. The lowest BCUT2D eigenvalue weighted by Gasteiger charge is -2.13. The molecule has 1 saturated carbocycles. The third-order valence-electron chi connectivity index (χ3n) is 3.18. The van der Waals surface area contributed by atoms with Crippen molar-refractivity contribution in [2.75, 3.05) is 17.6 Å². The molecular formula is C12H16N4O.